The van der Waals surface area contributed by atoms with Crippen LogP contribution in [0.1, 0.15) is 29.9 Å². The van der Waals surface area contributed by atoms with Crippen molar-refractivity contribution in [2.75, 3.05) is 5.32 Å². The van der Waals surface area contributed by atoms with E-state index in [2.05, 4.69) is 10.3 Å². The third kappa shape index (κ3) is 3.63. The molecule has 0 aliphatic carbocycles. The number of para-hydroxylation sites is 1. The first-order valence-corrected chi connectivity index (χ1v) is 8.78. The van der Waals surface area contributed by atoms with Crippen LogP contribution in [-0.4, -0.2) is 21.2 Å². The molecule has 134 valence electrons. The van der Waals surface area contributed by atoms with E-state index in [4.69, 9.17) is 11.6 Å². The zero-order valence-corrected chi connectivity index (χ0v) is 15.7. The molecule has 0 atom stereocenters. The highest BCUT2D eigenvalue weighted by atomic mass is 35.5. The van der Waals surface area contributed by atoms with Crippen LogP contribution in [0.4, 0.5) is 5.69 Å². The smallest absolute Gasteiger partial charge is 0.257 e. The number of carbonyl (C=O) groups is 2. The lowest BCUT2D eigenvalue weighted by molar-refractivity contribution is -0.121. The van der Waals surface area contributed by atoms with E-state index >= 15 is 0 Å². The molecule has 0 saturated carbocycles. The molecule has 0 bridgehead atoms. The molecule has 2 aromatic heterocycles. The Balaban J connectivity index is 1.82. The van der Waals surface area contributed by atoms with E-state index in [1.54, 1.807) is 18.3 Å². The van der Waals surface area contributed by atoms with Gasteiger partial charge in [-0.2, -0.15) is 0 Å². The maximum Gasteiger partial charge on any atom is 0.257 e. The fourth-order valence-electron chi connectivity index (χ4n) is 2.76. The Morgan fingerprint density at radius 3 is 2.62 bits per heavy atom. The second kappa shape index (κ2) is 7.30. The molecule has 0 radical (unpaired) electrons. The second-order valence-electron chi connectivity index (χ2n) is 6.56. The number of pyridine rings is 1. The molecular weight excluding hydrogens is 350 g/mol. The van der Waals surface area contributed by atoms with Crippen LogP contribution in [0.15, 0.2) is 42.6 Å². The number of carbonyl (C=O) groups excluding carboxylic acids is 2. The maximum atomic E-state index is 12.7. The molecule has 1 N–H and O–H groups in total. The summed E-state index contributed by atoms with van der Waals surface area (Å²) in [5.74, 6) is -0.209. The lowest BCUT2D eigenvalue weighted by Gasteiger charge is -2.09. The van der Waals surface area contributed by atoms with Gasteiger partial charge in [0.2, 0.25) is 0 Å². The number of hydrogen-bond acceptors (Lipinski definition) is 3. The van der Waals surface area contributed by atoms with Crippen molar-refractivity contribution >= 4 is 39.9 Å². The number of anilines is 1. The molecule has 0 aliphatic rings. The summed E-state index contributed by atoms with van der Waals surface area (Å²) in [5, 5.41) is 3.85. The van der Waals surface area contributed by atoms with E-state index in [0.29, 0.717) is 16.9 Å². The summed E-state index contributed by atoms with van der Waals surface area (Å²) in [7, 11) is 1.90. The third-order valence-electron chi connectivity index (χ3n) is 4.30. The Bertz CT molecular complexity index is 992. The van der Waals surface area contributed by atoms with Gasteiger partial charge in [-0.1, -0.05) is 43.6 Å². The molecule has 1 aromatic carbocycles. The van der Waals surface area contributed by atoms with Crippen LogP contribution in [0.2, 0.25) is 5.15 Å². The zero-order valence-electron chi connectivity index (χ0n) is 14.9. The van der Waals surface area contributed by atoms with Gasteiger partial charge >= 0.3 is 0 Å². The molecule has 1 amide bonds. The summed E-state index contributed by atoms with van der Waals surface area (Å²) in [6.07, 6.45) is 2.02. The third-order valence-corrected chi connectivity index (χ3v) is 4.58. The second-order valence-corrected chi connectivity index (χ2v) is 6.92. The van der Waals surface area contributed by atoms with Crippen molar-refractivity contribution in [2.24, 2.45) is 13.0 Å². The van der Waals surface area contributed by atoms with Gasteiger partial charge in [0.15, 0.2) is 5.15 Å². The van der Waals surface area contributed by atoms with Crippen LogP contribution in [0, 0.1) is 5.92 Å². The maximum absolute atomic E-state index is 12.7. The molecule has 0 aliphatic heterocycles. The highest BCUT2D eigenvalue weighted by Gasteiger charge is 2.16. The number of fused-ring (bicyclic) bond motifs is 1. The van der Waals surface area contributed by atoms with E-state index in [0.717, 1.165) is 10.9 Å². The molecule has 6 heteroatoms. The summed E-state index contributed by atoms with van der Waals surface area (Å²) in [6, 6.07) is 11.1. The number of aromatic nitrogens is 2. The van der Waals surface area contributed by atoms with Gasteiger partial charge in [0.1, 0.15) is 5.78 Å². The van der Waals surface area contributed by atoms with Crippen molar-refractivity contribution in [3.63, 3.8) is 0 Å². The number of Topliss-reactive ketones (excluding diaryl/α,β-unsaturated/α-hetero) is 1. The molecule has 0 unspecified atom stereocenters. The first kappa shape index (κ1) is 18.1. The van der Waals surface area contributed by atoms with Gasteiger partial charge in [0, 0.05) is 42.2 Å². The average Bonchev–Trinajstić information content (AvgIpc) is 2.94. The van der Waals surface area contributed by atoms with E-state index in [1.165, 1.54) is 0 Å². The minimum atomic E-state index is -0.253. The van der Waals surface area contributed by atoms with Gasteiger partial charge < -0.3 is 9.88 Å². The normalized spacial score (nSPS) is 11.1. The topological polar surface area (TPSA) is 64.0 Å². The van der Waals surface area contributed by atoms with Crippen molar-refractivity contribution in [1.82, 2.24) is 9.55 Å². The number of nitrogens with one attached hydrogen (secondary N) is 1. The first-order chi connectivity index (χ1) is 12.4. The van der Waals surface area contributed by atoms with E-state index < -0.39 is 0 Å². The molecule has 3 rings (SSSR count). The Hall–Kier alpha value is -2.66. The highest BCUT2D eigenvalue weighted by molar-refractivity contribution is 6.32. The Kier molecular flexibility index (Phi) is 5.09. The van der Waals surface area contributed by atoms with Gasteiger partial charge in [-0.05, 0) is 18.2 Å². The van der Waals surface area contributed by atoms with Gasteiger partial charge in [0.25, 0.3) is 5.91 Å². The summed E-state index contributed by atoms with van der Waals surface area (Å²) in [4.78, 5) is 28.8. The van der Waals surface area contributed by atoms with Crippen LogP contribution in [0.25, 0.3) is 10.9 Å². The SMILES string of the molecule is CC(C)C(=O)Cc1ccc(NC(=O)c2cn(C)c3ccccc23)c(Cl)n1. The number of halogens is 1. The number of aryl methyl sites for hydroxylation is 1. The Morgan fingerprint density at radius 1 is 1.19 bits per heavy atom. The molecular formula is C20H20ClN3O2. The molecule has 5 nitrogen and oxygen atoms in total. The molecule has 0 fully saturated rings. The van der Waals surface area contributed by atoms with Crippen molar-refractivity contribution in [3.05, 3.63) is 59.0 Å². The van der Waals surface area contributed by atoms with E-state index in [9.17, 15) is 9.59 Å². The minimum absolute atomic E-state index is 0.0543. The predicted octanol–water partition coefficient (Wildman–Crippen LogP) is 4.25. The van der Waals surface area contributed by atoms with Gasteiger partial charge in [-0.15, -0.1) is 0 Å². The summed E-state index contributed by atoms with van der Waals surface area (Å²) in [5.41, 5.74) is 2.56. The number of ketones is 1. The van der Waals surface area contributed by atoms with Crippen molar-refractivity contribution in [1.29, 1.82) is 0 Å². The predicted molar refractivity (Wildman–Crippen MR) is 104 cm³/mol. The minimum Gasteiger partial charge on any atom is -0.350 e. The molecule has 0 saturated heterocycles. The van der Waals surface area contributed by atoms with E-state index in [-0.39, 0.29) is 29.2 Å². The summed E-state index contributed by atoms with van der Waals surface area (Å²) < 4.78 is 1.91. The van der Waals surface area contributed by atoms with Crippen LogP contribution in [0.5, 0.6) is 0 Å². The van der Waals surface area contributed by atoms with Crippen LogP contribution >= 0.6 is 11.6 Å². The number of benzene rings is 1. The van der Waals surface area contributed by atoms with Crippen LogP contribution in [-0.2, 0) is 18.3 Å². The number of nitrogens with zero attached hydrogens (tertiary/aromatic N) is 2. The van der Waals surface area contributed by atoms with Gasteiger partial charge in [-0.3, -0.25) is 9.59 Å². The van der Waals surface area contributed by atoms with Gasteiger partial charge in [-0.25, -0.2) is 4.98 Å². The molecule has 26 heavy (non-hydrogen) atoms. The summed E-state index contributed by atoms with van der Waals surface area (Å²) >= 11 is 6.21. The number of hydrogen-bond donors (Lipinski definition) is 1. The number of amides is 1. The zero-order chi connectivity index (χ0) is 18.8. The van der Waals surface area contributed by atoms with Gasteiger partial charge in [0.05, 0.1) is 11.3 Å². The standard InChI is InChI=1S/C20H20ClN3O2/c1-12(2)18(25)10-13-8-9-16(19(21)22-13)23-20(26)15-11-24(3)17-7-5-4-6-14(15)17/h4-9,11-12H,10H2,1-3H3,(H,23,26). The fraction of sp³-hybridized carbons (Fsp3) is 0.250. The molecule has 2 heterocycles. The molecule has 3 aromatic rings. The number of rotatable bonds is 5. The summed E-state index contributed by atoms with van der Waals surface area (Å²) in [6.45, 7) is 3.70. The quantitative estimate of drug-likeness (QED) is 0.684. The van der Waals surface area contributed by atoms with Crippen molar-refractivity contribution in [2.45, 2.75) is 20.3 Å². The lowest BCUT2D eigenvalue weighted by atomic mass is 10.0. The first-order valence-electron chi connectivity index (χ1n) is 8.40. The average molecular weight is 370 g/mol. The monoisotopic (exact) mass is 369 g/mol. The Morgan fingerprint density at radius 2 is 1.92 bits per heavy atom. The molecule has 0 spiro atoms. The van der Waals surface area contributed by atoms with Crippen molar-refractivity contribution < 1.29 is 9.59 Å². The van der Waals surface area contributed by atoms with E-state index in [1.807, 2.05) is 49.7 Å². The lowest BCUT2D eigenvalue weighted by Crippen LogP contribution is -2.14. The Labute approximate surface area is 157 Å². The fourth-order valence-corrected chi connectivity index (χ4v) is 2.98. The highest BCUT2D eigenvalue weighted by Crippen LogP contribution is 2.24. The van der Waals surface area contributed by atoms with Crippen LogP contribution < -0.4 is 5.32 Å². The van der Waals surface area contributed by atoms with Crippen LogP contribution in [0.3, 0.4) is 0 Å². The largest absolute Gasteiger partial charge is 0.350 e. The van der Waals surface area contributed by atoms with Crippen molar-refractivity contribution in [3.8, 4) is 0 Å².